The van der Waals surface area contributed by atoms with Crippen LogP contribution in [0.1, 0.15) is 31.2 Å². The van der Waals surface area contributed by atoms with Gasteiger partial charge in [0.25, 0.3) is 0 Å². The fourth-order valence-corrected chi connectivity index (χ4v) is 2.73. The van der Waals surface area contributed by atoms with Gasteiger partial charge in [-0.05, 0) is 31.0 Å². The summed E-state index contributed by atoms with van der Waals surface area (Å²) in [6.45, 7) is 0. The van der Waals surface area contributed by atoms with Gasteiger partial charge in [0.2, 0.25) is 0 Å². The second kappa shape index (κ2) is 6.09. The van der Waals surface area contributed by atoms with Crippen LogP contribution in [-0.2, 0) is 0 Å². The summed E-state index contributed by atoms with van der Waals surface area (Å²) in [7, 11) is 1.78. The third kappa shape index (κ3) is 2.85. The van der Waals surface area contributed by atoms with E-state index in [9.17, 15) is 9.50 Å². The Bertz CT molecular complexity index is 507. The molecule has 5 nitrogen and oxygen atoms in total. The van der Waals surface area contributed by atoms with Crippen molar-refractivity contribution in [3.63, 3.8) is 0 Å². The summed E-state index contributed by atoms with van der Waals surface area (Å²) in [5, 5.41) is 21.5. The molecule has 0 radical (unpaired) electrons. The maximum Gasteiger partial charge on any atom is 0.170 e. The zero-order chi connectivity index (χ0) is 14.7. The van der Waals surface area contributed by atoms with Crippen LogP contribution in [0.5, 0.6) is 0 Å². The number of aliphatic hydroxyl groups is 1. The highest BCUT2D eigenvalue weighted by Crippen LogP contribution is 2.28. The van der Waals surface area contributed by atoms with E-state index in [0.29, 0.717) is 11.3 Å². The molecule has 6 heteroatoms. The van der Waals surface area contributed by atoms with E-state index < -0.39 is 11.9 Å². The van der Waals surface area contributed by atoms with Gasteiger partial charge >= 0.3 is 0 Å². The van der Waals surface area contributed by atoms with Gasteiger partial charge < -0.3 is 20.9 Å². The molecule has 0 saturated heterocycles. The maximum atomic E-state index is 14.2. The van der Waals surface area contributed by atoms with Crippen molar-refractivity contribution in [2.24, 2.45) is 10.9 Å². The SMILES string of the molecule is CN(c1ccc(/C(N)=N/O)cc1F)C1CCCCC1O. The van der Waals surface area contributed by atoms with Gasteiger partial charge in [-0.1, -0.05) is 18.0 Å². The highest BCUT2D eigenvalue weighted by atomic mass is 19.1. The molecule has 0 amide bonds. The van der Waals surface area contributed by atoms with Crippen LogP contribution in [0.4, 0.5) is 10.1 Å². The van der Waals surface area contributed by atoms with Gasteiger partial charge in [0.15, 0.2) is 5.84 Å². The number of nitrogens with zero attached hydrogens (tertiary/aromatic N) is 2. The first-order valence-electron chi connectivity index (χ1n) is 6.73. The number of likely N-dealkylation sites (N-methyl/N-ethyl adjacent to an activating group) is 1. The van der Waals surface area contributed by atoms with Crippen LogP contribution >= 0.6 is 0 Å². The fraction of sp³-hybridized carbons (Fsp3) is 0.500. The second-order valence-electron chi connectivity index (χ2n) is 5.18. The Balaban J connectivity index is 2.24. The topological polar surface area (TPSA) is 82.1 Å². The molecule has 1 aliphatic carbocycles. The van der Waals surface area contributed by atoms with E-state index in [1.165, 1.54) is 6.07 Å². The predicted molar refractivity (Wildman–Crippen MR) is 75.6 cm³/mol. The average Bonchev–Trinajstić information content (AvgIpc) is 2.46. The van der Waals surface area contributed by atoms with Crippen molar-refractivity contribution in [1.29, 1.82) is 0 Å². The quantitative estimate of drug-likeness (QED) is 0.340. The van der Waals surface area contributed by atoms with Gasteiger partial charge in [-0.15, -0.1) is 0 Å². The van der Waals surface area contributed by atoms with Crippen molar-refractivity contribution in [3.8, 4) is 0 Å². The number of rotatable bonds is 3. The summed E-state index contributed by atoms with van der Waals surface area (Å²) in [6.07, 6.45) is 3.21. The largest absolute Gasteiger partial charge is 0.409 e. The van der Waals surface area contributed by atoms with Gasteiger partial charge in [-0.2, -0.15) is 0 Å². The number of halogens is 1. The van der Waals surface area contributed by atoms with Crippen LogP contribution in [0, 0.1) is 5.82 Å². The number of aliphatic hydroxyl groups excluding tert-OH is 1. The van der Waals surface area contributed by atoms with E-state index in [2.05, 4.69) is 5.16 Å². The van der Waals surface area contributed by atoms with Crippen LogP contribution < -0.4 is 10.6 Å². The number of hydrogen-bond acceptors (Lipinski definition) is 4. The van der Waals surface area contributed by atoms with E-state index in [4.69, 9.17) is 10.9 Å². The highest BCUT2D eigenvalue weighted by Gasteiger charge is 2.28. The number of benzene rings is 1. The Kier molecular flexibility index (Phi) is 4.44. The summed E-state index contributed by atoms with van der Waals surface area (Å²) in [4.78, 5) is 1.77. The second-order valence-corrected chi connectivity index (χ2v) is 5.18. The standard InChI is InChI=1S/C14H20FN3O2/c1-18(12-4-2-3-5-13(12)19)11-7-6-9(8-10(11)15)14(16)17-20/h6-8,12-13,19-20H,2-5H2,1H3,(H2,16,17). The zero-order valence-electron chi connectivity index (χ0n) is 11.5. The molecule has 1 fully saturated rings. The molecule has 20 heavy (non-hydrogen) atoms. The highest BCUT2D eigenvalue weighted by molar-refractivity contribution is 5.97. The first kappa shape index (κ1) is 14.6. The smallest absolute Gasteiger partial charge is 0.170 e. The molecule has 2 unspecified atom stereocenters. The van der Waals surface area contributed by atoms with Gasteiger partial charge in [0.05, 0.1) is 17.8 Å². The van der Waals surface area contributed by atoms with Gasteiger partial charge in [0, 0.05) is 12.6 Å². The number of oxime groups is 1. The third-order valence-electron chi connectivity index (χ3n) is 3.92. The van der Waals surface area contributed by atoms with E-state index >= 15 is 0 Å². The van der Waals surface area contributed by atoms with Gasteiger partial charge in [-0.25, -0.2) is 4.39 Å². The van der Waals surface area contributed by atoms with Crippen LogP contribution in [-0.4, -0.2) is 35.3 Å². The Hall–Kier alpha value is -1.82. The van der Waals surface area contributed by atoms with Crippen LogP contribution in [0.3, 0.4) is 0 Å². The van der Waals surface area contributed by atoms with Crippen molar-refractivity contribution in [2.45, 2.75) is 37.8 Å². The van der Waals surface area contributed by atoms with Crippen LogP contribution in [0.25, 0.3) is 0 Å². The molecule has 0 aliphatic heterocycles. The van der Waals surface area contributed by atoms with Crippen molar-refractivity contribution < 1.29 is 14.7 Å². The predicted octanol–water partition coefficient (Wildman–Crippen LogP) is 1.66. The first-order valence-corrected chi connectivity index (χ1v) is 6.73. The summed E-state index contributed by atoms with van der Waals surface area (Å²) < 4.78 is 14.2. The van der Waals surface area contributed by atoms with Crippen molar-refractivity contribution in [3.05, 3.63) is 29.6 Å². The van der Waals surface area contributed by atoms with Gasteiger partial charge in [0.1, 0.15) is 5.82 Å². The third-order valence-corrected chi connectivity index (χ3v) is 3.92. The number of amidine groups is 1. The van der Waals surface area contributed by atoms with E-state index in [1.54, 1.807) is 24.1 Å². The molecule has 1 aliphatic rings. The Morgan fingerprint density at radius 2 is 2.10 bits per heavy atom. The average molecular weight is 281 g/mol. The lowest BCUT2D eigenvalue weighted by atomic mass is 9.91. The van der Waals surface area contributed by atoms with E-state index in [1.807, 2.05) is 0 Å². The molecule has 0 heterocycles. The minimum absolute atomic E-state index is 0.0760. The molecular weight excluding hydrogens is 261 g/mol. The van der Waals surface area contributed by atoms with Crippen molar-refractivity contribution in [2.75, 3.05) is 11.9 Å². The summed E-state index contributed by atoms with van der Waals surface area (Å²) in [6, 6.07) is 4.34. The lowest BCUT2D eigenvalue weighted by Gasteiger charge is -2.36. The Morgan fingerprint density at radius 1 is 1.40 bits per heavy atom. The molecule has 0 aromatic heterocycles. The Morgan fingerprint density at radius 3 is 2.70 bits per heavy atom. The fourth-order valence-electron chi connectivity index (χ4n) is 2.73. The number of nitrogens with two attached hydrogens (primary N) is 1. The monoisotopic (exact) mass is 281 g/mol. The molecule has 1 saturated carbocycles. The lowest BCUT2D eigenvalue weighted by molar-refractivity contribution is 0.106. The molecule has 0 bridgehead atoms. The normalized spacial score (nSPS) is 23.6. The lowest BCUT2D eigenvalue weighted by Crippen LogP contribution is -2.43. The number of anilines is 1. The maximum absolute atomic E-state index is 14.2. The molecule has 2 rings (SSSR count). The minimum Gasteiger partial charge on any atom is -0.409 e. The molecule has 2 atom stereocenters. The van der Waals surface area contributed by atoms with E-state index in [0.717, 1.165) is 25.7 Å². The molecule has 110 valence electrons. The Labute approximate surface area is 117 Å². The molecule has 1 aromatic carbocycles. The van der Waals surface area contributed by atoms with Crippen molar-refractivity contribution in [1.82, 2.24) is 0 Å². The first-order chi connectivity index (χ1) is 9.54. The molecule has 0 spiro atoms. The molecule has 1 aromatic rings. The van der Waals surface area contributed by atoms with Crippen molar-refractivity contribution >= 4 is 11.5 Å². The summed E-state index contributed by atoms with van der Waals surface area (Å²) in [5.74, 6) is -0.579. The van der Waals surface area contributed by atoms with Gasteiger partial charge in [-0.3, -0.25) is 0 Å². The van der Waals surface area contributed by atoms with Crippen LogP contribution in [0.2, 0.25) is 0 Å². The summed E-state index contributed by atoms with van der Waals surface area (Å²) >= 11 is 0. The molecular formula is C14H20FN3O2. The zero-order valence-corrected chi connectivity index (χ0v) is 11.5. The van der Waals surface area contributed by atoms with E-state index in [-0.39, 0.29) is 11.9 Å². The minimum atomic E-state index is -0.450. The van der Waals surface area contributed by atoms with Crippen LogP contribution in [0.15, 0.2) is 23.4 Å². The molecule has 4 N–H and O–H groups in total. The number of hydrogen-bond donors (Lipinski definition) is 3. The summed E-state index contributed by atoms with van der Waals surface area (Å²) in [5.41, 5.74) is 6.17.